The summed E-state index contributed by atoms with van der Waals surface area (Å²) in [7, 11) is 0. The third-order valence-electron chi connectivity index (χ3n) is 4.70. The van der Waals surface area contributed by atoms with Gasteiger partial charge >= 0.3 is 0 Å². The third-order valence-corrected chi connectivity index (χ3v) is 5.98. The van der Waals surface area contributed by atoms with E-state index in [0.717, 1.165) is 16.5 Å². The number of unbranched alkanes of at least 4 members (excludes halogenated alkanes) is 4. The van der Waals surface area contributed by atoms with Crippen molar-refractivity contribution in [3.8, 4) is 11.5 Å². The molecule has 0 aliphatic rings. The predicted molar refractivity (Wildman–Crippen MR) is 119 cm³/mol. The first-order valence-electron chi connectivity index (χ1n) is 10.3. The molecule has 0 bridgehead atoms. The third kappa shape index (κ3) is 6.72. The number of nitrogens with zero attached hydrogens (tertiary/aromatic N) is 1. The SMILES string of the molecule is CCCCCCCC(Sc1ccccn1)c1ccc(Oc2ccccc2)cc1. The molecular formula is C25H29NOS. The first kappa shape index (κ1) is 20.5. The molecule has 1 unspecified atom stereocenters. The molecule has 0 aliphatic heterocycles. The maximum absolute atomic E-state index is 5.94. The maximum Gasteiger partial charge on any atom is 0.127 e. The van der Waals surface area contributed by atoms with Crippen LogP contribution in [0.2, 0.25) is 0 Å². The van der Waals surface area contributed by atoms with E-state index in [4.69, 9.17) is 4.74 Å². The number of benzene rings is 2. The van der Waals surface area contributed by atoms with E-state index in [1.807, 2.05) is 54.4 Å². The average Bonchev–Trinajstić information content (AvgIpc) is 2.75. The second-order valence-corrected chi connectivity index (χ2v) is 8.18. The molecule has 0 fully saturated rings. The molecule has 0 radical (unpaired) electrons. The molecule has 0 spiro atoms. The molecule has 0 N–H and O–H groups in total. The molecule has 0 saturated heterocycles. The molecule has 2 aromatic carbocycles. The van der Waals surface area contributed by atoms with Gasteiger partial charge in [0, 0.05) is 11.4 Å². The molecule has 1 atom stereocenters. The smallest absolute Gasteiger partial charge is 0.127 e. The molecule has 1 aromatic heterocycles. The first-order valence-corrected chi connectivity index (χ1v) is 11.1. The Balaban J connectivity index is 1.65. The molecule has 3 heteroatoms. The number of para-hydroxylation sites is 1. The van der Waals surface area contributed by atoms with Crippen molar-refractivity contribution in [2.45, 2.75) is 55.7 Å². The van der Waals surface area contributed by atoms with Crippen LogP contribution >= 0.6 is 11.8 Å². The minimum absolute atomic E-state index is 0.419. The van der Waals surface area contributed by atoms with Crippen LogP contribution in [0.3, 0.4) is 0 Å². The Morgan fingerprint density at radius 2 is 1.50 bits per heavy atom. The van der Waals surface area contributed by atoms with E-state index in [1.165, 1.54) is 44.1 Å². The highest BCUT2D eigenvalue weighted by atomic mass is 32.2. The van der Waals surface area contributed by atoms with Crippen molar-refractivity contribution in [1.82, 2.24) is 4.98 Å². The van der Waals surface area contributed by atoms with Crippen LogP contribution in [0.15, 0.2) is 84.0 Å². The van der Waals surface area contributed by atoms with Crippen LogP contribution < -0.4 is 4.74 Å². The molecule has 28 heavy (non-hydrogen) atoms. The van der Waals surface area contributed by atoms with E-state index in [2.05, 4.69) is 48.3 Å². The molecule has 0 amide bonds. The Labute approximate surface area is 173 Å². The summed E-state index contributed by atoms with van der Waals surface area (Å²) >= 11 is 1.86. The summed E-state index contributed by atoms with van der Waals surface area (Å²) in [6, 6.07) is 24.6. The van der Waals surface area contributed by atoms with Crippen LogP contribution in [0.25, 0.3) is 0 Å². The van der Waals surface area contributed by atoms with Crippen LogP contribution in [-0.2, 0) is 0 Å². The standard InChI is InChI=1S/C25H29NOS/c1-2-3-4-5-9-14-24(28-25-15-10-11-20-26-25)21-16-18-23(19-17-21)27-22-12-7-6-8-13-22/h6-8,10-13,15-20,24H,2-5,9,14H2,1H3. The molecular weight excluding hydrogens is 362 g/mol. The van der Waals surface area contributed by atoms with E-state index in [-0.39, 0.29) is 0 Å². The normalized spacial score (nSPS) is 11.9. The van der Waals surface area contributed by atoms with E-state index in [1.54, 1.807) is 0 Å². The summed E-state index contributed by atoms with van der Waals surface area (Å²) in [5, 5.41) is 1.51. The van der Waals surface area contributed by atoms with Crippen molar-refractivity contribution >= 4 is 11.8 Å². The molecule has 1 heterocycles. The Bertz CT molecular complexity index is 790. The molecule has 0 aliphatic carbocycles. The van der Waals surface area contributed by atoms with Gasteiger partial charge in [-0.25, -0.2) is 4.98 Å². The second kappa shape index (κ2) is 11.6. The van der Waals surface area contributed by atoms with Gasteiger partial charge in [-0.2, -0.15) is 0 Å². The lowest BCUT2D eigenvalue weighted by Crippen LogP contribution is -1.96. The average molecular weight is 392 g/mol. The molecule has 0 saturated carbocycles. The Morgan fingerprint density at radius 3 is 2.21 bits per heavy atom. The van der Waals surface area contributed by atoms with Crippen molar-refractivity contribution in [2.24, 2.45) is 0 Å². The summed E-state index contributed by atoms with van der Waals surface area (Å²) < 4.78 is 5.94. The second-order valence-electron chi connectivity index (χ2n) is 6.96. The van der Waals surface area contributed by atoms with Crippen LogP contribution in [0.4, 0.5) is 0 Å². The van der Waals surface area contributed by atoms with Gasteiger partial charge in [-0.15, -0.1) is 0 Å². The van der Waals surface area contributed by atoms with E-state index < -0.39 is 0 Å². The highest BCUT2D eigenvalue weighted by Gasteiger charge is 2.14. The van der Waals surface area contributed by atoms with Gasteiger partial charge in [0.2, 0.25) is 0 Å². The van der Waals surface area contributed by atoms with Gasteiger partial charge < -0.3 is 4.74 Å². The number of thioether (sulfide) groups is 1. The van der Waals surface area contributed by atoms with Gasteiger partial charge in [0.1, 0.15) is 11.5 Å². The topological polar surface area (TPSA) is 22.1 Å². The summed E-state index contributed by atoms with van der Waals surface area (Å²) in [4.78, 5) is 4.51. The van der Waals surface area contributed by atoms with Crippen molar-refractivity contribution in [3.63, 3.8) is 0 Å². The van der Waals surface area contributed by atoms with Crippen molar-refractivity contribution in [3.05, 3.63) is 84.6 Å². The van der Waals surface area contributed by atoms with Crippen LogP contribution in [-0.4, -0.2) is 4.98 Å². The van der Waals surface area contributed by atoms with E-state index >= 15 is 0 Å². The number of rotatable bonds is 11. The summed E-state index contributed by atoms with van der Waals surface area (Å²) in [6.45, 7) is 2.26. The lowest BCUT2D eigenvalue weighted by Gasteiger charge is -2.17. The number of hydrogen-bond acceptors (Lipinski definition) is 3. The van der Waals surface area contributed by atoms with Gasteiger partial charge in [-0.3, -0.25) is 0 Å². The predicted octanol–water partition coefficient (Wildman–Crippen LogP) is 8.07. The number of ether oxygens (including phenoxy) is 1. The molecule has 3 aromatic rings. The zero-order valence-electron chi connectivity index (χ0n) is 16.6. The van der Waals surface area contributed by atoms with Gasteiger partial charge in [0.25, 0.3) is 0 Å². The van der Waals surface area contributed by atoms with Crippen LogP contribution in [0.5, 0.6) is 11.5 Å². The van der Waals surface area contributed by atoms with E-state index in [9.17, 15) is 0 Å². The monoisotopic (exact) mass is 391 g/mol. The quantitative estimate of drug-likeness (QED) is 0.244. The van der Waals surface area contributed by atoms with Gasteiger partial charge in [0.15, 0.2) is 0 Å². The summed E-state index contributed by atoms with van der Waals surface area (Å²) in [5.41, 5.74) is 1.34. The largest absolute Gasteiger partial charge is 0.457 e. The Kier molecular flexibility index (Phi) is 8.45. The Hall–Kier alpha value is -2.26. The summed E-state index contributed by atoms with van der Waals surface area (Å²) in [6.07, 6.45) is 9.57. The van der Waals surface area contributed by atoms with Crippen molar-refractivity contribution in [2.75, 3.05) is 0 Å². The number of aromatic nitrogens is 1. The van der Waals surface area contributed by atoms with Gasteiger partial charge in [-0.1, -0.05) is 87.2 Å². The van der Waals surface area contributed by atoms with Crippen molar-refractivity contribution < 1.29 is 4.74 Å². The zero-order chi connectivity index (χ0) is 19.4. The van der Waals surface area contributed by atoms with Gasteiger partial charge in [0.05, 0.1) is 5.03 Å². The fraction of sp³-hybridized carbons (Fsp3) is 0.320. The minimum Gasteiger partial charge on any atom is -0.457 e. The van der Waals surface area contributed by atoms with Crippen molar-refractivity contribution in [1.29, 1.82) is 0 Å². The minimum atomic E-state index is 0.419. The summed E-state index contributed by atoms with van der Waals surface area (Å²) in [5.74, 6) is 1.74. The number of pyridine rings is 1. The van der Waals surface area contributed by atoms with Crippen LogP contribution in [0, 0.1) is 0 Å². The highest BCUT2D eigenvalue weighted by Crippen LogP contribution is 2.39. The molecule has 2 nitrogen and oxygen atoms in total. The Morgan fingerprint density at radius 1 is 0.786 bits per heavy atom. The van der Waals surface area contributed by atoms with Crippen LogP contribution in [0.1, 0.15) is 56.3 Å². The fourth-order valence-electron chi connectivity index (χ4n) is 3.16. The maximum atomic E-state index is 5.94. The molecule has 3 rings (SSSR count). The molecule has 146 valence electrons. The number of hydrogen-bond donors (Lipinski definition) is 0. The zero-order valence-corrected chi connectivity index (χ0v) is 17.4. The highest BCUT2D eigenvalue weighted by molar-refractivity contribution is 7.99. The fourth-order valence-corrected chi connectivity index (χ4v) is 4.31. The lowest BCUT2D eigenvalue weighted by atomic mass is 10.0. The van der Waals surface area contributed by atoms with Gasteiger partial charge in [-0.05, 0) is 48.4 Å². The first-order chi connectivity index (χ1) is 13.8. The lowest BCUT2D eigenvalue weighted by molar-refractivity contribution is 0.482. The van der Waals surface area contributed by atoms with E-state index in [0.29, 0.717) is 5.25 Å².